The molecule has 1 unspecified atom stereocenters. The van der Waals surface area contributed by atoms with E-state index in [2.05, 4.69) is 4.74 Å². The molecule has 0 fully saturated rings. The zero-order valence-electron chi connectivity index (χ0n) is 11.8. The van der Waals surface area contributed by atoms with E-state index >= 15 is 0 Å². The van der Waals surface area contributed by atoms with Gasteiger partial charge in [-0.15, -0.1) is 0 Å². The number of carbonyl (C=O) groups is 1. The highest BCUT2D eigenvalue weighted by Gasteiger charge is 2.36. The van der Waals surface area contributed by atoms with Gasteiger partial charge >= 0.3 is 12.1 Å². The predicted molar refractivity (Wildman–Crippen MR) is 71.5 cm³/mol. The maximum Gasteiger partial charge on any atom is 0.416 e. The van der Waals surface area contributed by atoms with Gasteiger partial charge in [-0.1, -0.05) is 24.3 Å². The third kappa shape index (κ3) is 3.26. The van der Waals surface area contributed by atoms with Crippen LogP contribution in [-0.4, -0.2) is 31.6 Å². The highest BCUT2D eigenvalue weighted by atomic mass is 19.4. The Hall–Kier alpha value is -1.82. The van der Waals surface area contributed by atoms with Crippen LogP contribution in [0.1, 0.15) is 23.6 Å². The molecule has 0 saturated heterocycles. The molecule has 1 heterocycles. The van der Waals surface area contributed by atoms with Crippen molar-refractivity contribution < 1.29 is 22.7 Å². The molecule has 1 atom stereocenters. The monoisotopic (exact) mass is 299 g/mol. The molecule has 1 aliphatic heterocycles. The number of hydrogen-bond donors (Lipinski definition) is 0. The fourth-order valence-electron chi connectivity index (χ4n) is 2.48. The van der Waals surface area contributed by atoms with E-state index in [1.165, 1.54) is 19.2 Å². The van der Waals surface area contributed by atoms with E-state index in [-0.39, 0.29) is 5.56 Å². The molecule has 0 spiro atoms. The van der Waals surface area contributed by atoms with Crippen LogP contribution in [0.4, 0.5) is 13.2 Å². The lowest BCUT2D eigenvalue weighted by molar-refractivity contribution is -0.138. The van der Waals surface area contributed by atoms with Crippen LogP contribution in [0.3, 0.4) is 0 Å². The first-order valence-electron chi connectivity index (χ1n) is 6.50. The Kier molecular flexibility index (Phi) is 4.37. The minimum absolute atomic E-state index is 0.147. The number of ether oxygens (including phenoxy) is 1. The Morgan fingerprint density at radius 1 is 1.33 bits per heavy atom. The van der Waals surface area contributed by atoms with Crippen molar-refractivity contribution in [1.29, 1.82) is 0 Å². The zero-order valence-corrected chi connectivity index (χ0v) is 11.8. The standard InChI is InChI=1S/C15H16F3NO2/c1-19-8-7-10(14(20)21-2)9-13(19)11-5-3-4-6-12(11)15(16,17)18/h3-6,9,13H,7-8H2,1-2H3. The minimum atomic E-state index is -4.42. The summed E-state index contributed by atoms with van der Waals surface area (Å²) in [4.78, 5) is 13.4. The lowest BCUT2D eigenvalue weighted by Gasteiger charge is -2.32. The van der Waals surface area contributed by atoms with Crippen molar-refractivity contribution in [3.8, 4) is 0 Å². The van der Waals surface area contributed by atoms with Crippen molar-refractivity contribution in [3.63, 3.8) is 0 Å². The molecule has 1 aromatic carbocycles. The van der Waals surface area contributed by atoms with Crippen molar-refractivity contribution in [3.05, 3.63) is 47.0 Å². The van der Waals surface area contributed by atoms with E-state index in [0.717, 1.165) is 6.07 Å². The fraction of sp³-hybridized carbons (Fsp3) is 0.400. The topological polar surface area (TPSA) is 29.5 Å². The highest BCUT2D eigenvalue weighted by Crippen LogP contribution is 2.38. The molecule has 114 valence electrons. The Morgan fingerprint density at radius 3 is 2.62 bits per heavy atom. The largest absolute Gasteiger partial charge is 0.466 e. The van der Waals surface area contributed by atoms with Gasteiger partial charge in [0.1, 0.15) is 0 Å². The predicted octanol–water partition coefficient (Wildman–Crippen LogP) is 3.18. The average Bonchev–Trinajstić information content (AvgIpc) is 2.46. The molecular formula is C15H16F3NO2. The average molecular weight is 299 g/mol. The van der Waals surface area contributed by atoms with E-state index < -0.39 is 23.8 Å². The van der Waals surface area contributed by atoms with Crippen molar-refractivity contribution >= 4 is 5.97 Å². The first kappa shape index (κ1) is 15.6. The molecule has 1 aromatic rings. The van der Waals surface area contributed by atoms with Crippen molar-refractivity contribution in [2.24, 2.45) is 0 Å². The summed E-state index contributed by atoms with van der Waals surface area (Å²) in [5.74, 6) is -0.488. The smallest absolute Gasteiger partial charge is 0.416 e. The second-order valence-electron chi connectivity index (χ2n) is 4.94. The number of methoxy groups -OCH3 is 1. The fourth-order valence-corrected chi connectivity index (χ4v) is 2.48. The number of nitrogens with zero attached hydrogens (tertiary/aromatic N) is 1. The van der Waals surface area contributed by atoms with Gasteiger partial charge < -0.3 is 4.74 Å². The molecule has 0 bridgehead atoms. The Morgan fingerprint density at radius 2 is 2.00 bits per heavy atom. The van der Waals surface area contributed by atoms with Crippen LogP contribution in [0.5, 0.6) is 0 Å². The molecule has 21 heavy (non-hydrogen) atoms. The van der Waals surface area contributed by atoms with Crippen LogP contribution in [0.15, 0.2) is 35.9 Å². The number of carbonyl (C=O) groups excluding carboxylic acids is 1. The number of hydrogen-bond acceptors (Lipinski definition) is 3. The van der Waals surface area contributed by atoms with Gasteiger partial charge in [0.15, 0.2) is 0 Å². The van der Waals surface area contributed by atoms with Crippen molar-refractivity contribution in [2.45, 2.75) is 18.6 Å². The maximum absolute atomic E-state index is 13.1. The van der Waals surface area contributed by atoms with Gasteiger partial charge in [-0.05, 0) is 25.1 Å². The number of benzene rings is 1. The Balaban J connectivity index is 2.47. The van der Waals surface area contributed by atoms with E-state index in [4.69, 9.17) is 0 Å². The van der Waals surface area contributed by atoms with E-state index in [9.17, 15) is 18.0 Å². The van der Waals surface area contributed by atoms with E-state index in [0.29, 0.717) is 18.5 Å². The zero-order chi connectivity index (χ0) is 15.6. The minimum Gasteiger partial charge on any atom is -0.466 e. The van der Waals surface area contributed by atoms with Crippen LogP contribution in [0, 0.1) is 0 Å². The second-order valence-corrected chi connectivity index (χ2v) is 4.94. The summed E-state index contributed by atoms with van der Waals surface area (Å²) in [5, 5.41) is 0. The third-order valence-corrected chi connectivity index (χ3v) is 3.60. The van der Waals surface area contributed by atoms with Crippen molar-refractivity contribution in [2.75, 3.05) is 20.7 Å². The van der Waals surface area contributed by atoms with Gasteiger partial charge in [0, 0.05) is 12.1 Å². The van der Waals surface area contributed by atoms with E-state index in [1.807, 2.05) is 0 Å². The van der Waals surface area contributed by atoms with Crippen LogP contribution in [0.2, 0.25) is 0 Å². The summed E-state index contributed by atoms with van der Waals surface area (Å²) in [5.41, 5.74) is -0.115. The molecule has 0 amide bonds. The molecule has 6 heteroatoms. The summed E-state index contributed by atoms with van der Waals surface area (Å²) < 4.78 is 44.0. The molecule has 0 N–H and O–H groups in total. The second kappa shape index (κ2) is 5.89. The van der Waals surface area contributed by atoms with Crippen molar-refractivity contribution in [1.82, 2.24) is 4.90 Å². The molecule has 0 radical (unpaired) electrons. The van der Waals surface area contributed by atoms with Gasteiger partial charge in [0.05, 0.1) is 18.7 Å². The first-order valence-corrected chi connectivity index (χ1v) is 6.50. The van der Waals surface area contributed by atoms with Gasteiger partial charge in [0.25, 0.3) is 0 Å². The molecule has 0 saturated carbocycles. The van der Waals surface area contributed by atoms with Gasteiger partial charge in [0.2, 0.25) is 0 Å². The summed E-state index contributed by atoms with van der Waals surface area (Å²) in [7, 11) is 3.00. The SMILES string of the molecule is COC(=O)C1=CC(c2ccccc2C(F)(F)F)N(C)CC1. The van der Waals surface area contributed by atoms with Crippen LogP contribution in [0.25, 0.3) is 0 Å². The van der Waals surface area contributed by atoms with Gasteiger partial charge in [-0.25, -0.2) is 4.79 Å². The molecule has 0 aliphatic carbocycles. The van der Waals surface area contributed by atoms with Crippen LogP contribution >= 0.6 is 0 Å². The number of likely N-dealkylation sites (N-methyl/N-ethyl adjacent to an activating group) is 1. The number of rotatable bonds is 2. The Labute approximate surface area is 121 Å². The van der Waals surface area contributed by atoms with Crippen LogP contribution < -0.4 is 0 Å². The molecule has 0 aromatic heterocycles. The summed E-state index contributed by atoms with van der Waals surface area (Å²) >= 11 is 0. The summed E-state index contributed by atoms with van der Waals surface area (Å²) in [6.45, 7) is 0.498. The van der Waals surface area contributed by atoms with Gasteiger partial charge in [-0.2, -0.15) is 13.2 Å². The molecule has 3 nitrogen and oxygen atoms in total. The summed E-state index contributed by atoms with van der Waals surface area (Å²) in [6, 6.07) is 4.84. The van der Waals surface area contributed by atoms with Gasteiger partial charge in [-0.3, -0.25) is 4.90 Å². The quantitative estimate of drug-likeness (QED) is 0.786. The number of esters is 1. The molecule has 1 aliphatic rings. The molecule has 2 rings (SSSR count). The molecular weight excluding hydrogens is 283 g/mol. The number of halogens is 3. The summed E-state index contributed by atoms with van der Waals surface area (Å²) in [6.07, 6.45) is -2.40. The highest BCUT2D eigenvalue weighted by molar-refractivity contribution is 5.88. The first-order chi connectivity index (χ1) is 9.84. The van der Waals surface area contributed by atoms with E-state index in [1.54, 1.807) is 24.1 Å². The lowest BCUT2D eigenvalue weighted by Crippen LogP contribution is -2.31. The Bertz CT molecular complexity index is 566. The normalized spacial score (nSPS) is 20.0. The lowest BCUT2D eigenvalue weighted by atomic mass is 9.93. The third-order valence-electron chi connectivity index (χ3n) is 3.60. The number of alkyl halides is 3. The maximum atomic E-state index is 13.1. The van der Waals surface area contributed by atoms with Crippen LogP contribution in [-0.2, 0) is 15.7 Å².